The summed E-state index contributed by atoms with van der Waals surface area (Å²) in [5.74, 6) is 0. The first-order valence-electron chi connectivity index (χ1n) is 3.10. The first-order chi connectivity index (χ1) is 4.70. The van der Waals surface area contributed by atoms with E-state index in [4.69, 9.17) is 0 Å². The predicted molar refractivity (Wildman–Crippen MR) is 42.3 cm³/mol. The largest absolute Gasteiger partial charge is 0.290 e. The van der Waals surface area contributed by atoms with Crippen molar-refractivity contribution in [2.75, 3.05) is 7.05 Å². The van der Waals surface area contributed by atoms with Gasteiger partial charge in [0.05, 0.1) is 6.21 Å². The van der Waals surface area contributed by atoms with Crippen LogP contribution in [0, 0.1) is 0 Å². The molecule has 0 atom stereocenters. The summed E-state index contributed by atoms with van der Waals surface area (Å²) in [5, 5.41) is 5.63. The Bertz CT molecular complexity index is 203. The second-order valence-corrected chi connectivity index (χ2v) is 2.25. The first kappa shape index (κ1) is 6.86. The van der Waals surface area contributed by atoms with E-state index in [0.29, 0.717) is 0 Å². The van der Waals surface area contributed by atoms with Gasteiger partial charge in [0.15, 0.2) is 0 Å². The van der Waals surface area contributed by atoms with Gasteiger partial charge < -0.3 is 0 Å². The topological polar surface area (TPSA) is 27.6 Å². The molecule has 1 heterocycles. The number of hydrogen-bond donors (Lipinski definition) is 1. The monoisotopic (exact) mass is 137 g/mol. The fourth-order valence-corrected chi connectivity index (χ4v) is 0.574. The highest BCUT2D eigenvalue weighted by Gasteiger charge is 1.97. The summed E-state index contributed by atoms with van der Waals surface area (Å²) >= 11 is 0. The second kappa shape index (κ2) is 2.56. The minimum atomic E-state index is 0.942. The summed E-state index contributed by atoms with van der Waals surface area (Å²) in [6.45, 7) is 5.79. The molecule has 0 saturated heterocycles. The van der Waals surface area contributed by atoms with Crippen LogP contribution in [0.5, 0.6) is 0 Å². The Hall–Kier alpha value is -1.25. The van der Waals surface area contributed by atoms with Crippen LogP contribution in [-0.2, 0) is 0 Å². The van der Waals surface area contributed by atoms with Gasteiger partial charge in [-0.2, -0.15) is 5.10 Å². The van der Waals surface area contributed by atoms with Crippen LogP contribution in [0.3, 0.4) is 0 Å². The van der Waals surface area contributed by atoms with Gasteiger partial charge in [-0.15, -0.1) is 0 Å². The summed E-state index contributed by atoms with van der Waals surface area (Å²) in [6.07, 6.45) is 3.60. The molecule has 0 saturated carbocycles. The molecule has 1 aliphatic heterocycles. The minimum absolute atomic E-state index is 0.942. The molecule has 1 rings (SSSR count). The first-order valence-corrected chi connectivity index (χ1v) is 3.10. The average Bonchev–Trinajstić information content (AvgIpc) is 2.04. The van der Waals surface area contributed by atoms with Crippen LogP contribution in [0.15, 0.2) is 29.0 Å². The molecule has 10 heavy (non-hydrogen) atoms. The van der Waals surface area contributed by atoms with E-state index in [-0.39, 0.29) is 0 Å². The Morgan fingerprint density at radius 3 is 3.10 bits per heavy atom. The van der Waals surface area contributed by atoms with Gasteiger partial charge in [-0.05, 0) is 18.1 Å². The standard InChI is InChI=1S/C7H11N3/c1-6-4-8-10(3)9-5-7(6)2/h4-5,9H,1H2,2-3H3. The van der Waals surface area contributed by atoms with Crippen molar-refractivity contribution in [2.24, 2.45) is 5.10 Å². The Labute approximate surface area is 60.7 Å². The number of allylic oxidation sites excluding steroid dienone is 2. The van der Waals surface area contributed by atoms with E-state index in [1.165, 1.54) is 0 Å². The van der Waals surface area contributed by atoms with E-state index >= 15 is 0 Å². The smallest absolute Gasteiger partial charge is 0.0560 e. The zero-order valence-electron chi connectivity index (χ0n) is 6.26. The summed E-state index contributed by atoms with van der Waals surface area (Å²) in [7, 11) is 1.83. The maximum atomic E-state index is 4.00. The number of hydrogen-bond acceptors (Lipinski definition) is 3. The average molecular weight is 137 g/mol. The SMILES string of the molecule is C=C1C=NN(C)NC=C1C. The number of nitrogens with zero attached hydrogens (tertiary/aromatic N) is 2. The van der Waals surface area contributed by atoms with Gasteiger partial charge >= 0.3 is 0 Å². The predicted octanol–water partition coefficient (Wildman–Crippen LogP) is 0.882. The van der Waals surface area contributed by atoms with Crippen LogP contribution >= 0.6 is 0 Å². The van der Waals surface area contributed by atoms with Crippen LogP contribution in [0.1, 0.15) is 6.92 Å². The fourth-order valence-electron chi connectivity index (χ4n) is 0.574. The molecule has 0 aliphatic carbocycles. The Morgan fingerprint density at radius 2 is 2.40 bits per heavy atom. The van der Waals surface area contributed by atoms with Gasteiger partial charge in [-0.3, -0.25) is 5.43 Å². The van der Waals surface area contributed by atoms with E-state index in [2.05, 4.69) is 17.1 Å². The molecular weight excluding hydrogens is 126 g/mol. The van der Waals surface area contributed by atoms with E-state index in [1.54, 1.807) is 11.3 Å². The van der Waals surface area contributed by atoms with E-state index in [1.807, 2.05) is 20.2 Å². The molecule has 3 nitrogen and oxygen atoms in total. The van der Waals surface area contributed by atoms with Gasteiger partial charge in [0.1, 0.15) is 0 Å². The normalized spacial score (nSPS) is 18.0. The van der Waals surface area contributed by atoms with E-state index in [0.717, 1.165) is 11.1 Å². The highest BCUT2D eigenvalue weighted by molar-refractivity contribution is 5.83. The van der Waals surface area contributed by atoms with Gasteiger partial charge in [-0.1, -0.05) is 6.58 Å². The molecule has 1 N–H and O–H groups in total. The molecule has 0 aromatic rings. The lowest BCUT2D eigenvalue weighted by Crippen LogP contribution is -2.23. The van der Waals surface area contributed by atoms with Gasteiger partial charge in [0.25, 0.3) is 0 Å². The van der Waals surface area contributed by atoms with Crippen molar-refractivity contribution in [3.63, 3.8) is 0 Å². The summed E-state index contributed by atoms with van der Waals surface area (Å²) < 4.78 is 0. The van der Waals surface area contributed by atoms with Crippen LogP contribution < -0.4 is 5.43 Å². The lowest BCUT2D eigenvalue weighted by Gasteiger charge is -2.08. The third-order valence-corrected chi connectivity index (χ3v) is 1.36. The molecule has 0 amide bonds. The van der Waals surface area contributed by atoms with Crippen molar-refractivity contribution < 1.29 is 0 Å². The Kier molecular flexibility index (Phi) is 1.76. The van der Waals surface area contributed by atoms with Gasteiger partial charge in [-0.25, -0.2) is 5.12 Å². The quantitative estimate of drug-likeness (QED) is 0.536. The van der Waals surface area contributed by atoms with E-state index in [9.17, 15) is 0 Å². The molecule has 0 unspecified atom stereocenters. The number of hydrazine groups is 1. The minimum Gasteiger partial charge on any atom is -0.290 e. The Balaban J connectivity index is 2.81. The Morgan fingerprint density at radius 1 is 1.70 bits per heavy atom. The fraction of sp³-hybridized carbons (Fsp3) is 0.286. The van der Waals surface area contributed by atoms with Crippen LogP contribution in [0.25, 0.3) is 0 Å². The van der Waals surface area contributed by atoms with E-state index < -0.39 is 0 Å². The molecule has 1 aliphatic rings. The van der Waals surface area contributed by atoms with Gasteiger partial charge in [0, 0.05) is 13.2 Å². The molecule has 0 bridgehead atoms. The van der Waals surface area contributed by atoms with Crippen molar-refractivity contribution in [3.05, 3.63) is 23.9 Å². The molecule has 0 spiro atoms. The summed E-state index contributed by atoms with van der Waals surface area (Å²) in [6, 6.07) is 0. The molecule has 3 heteroatoms. The zero-order valence-corrected chi connectivity index (χ0v) is 6.26. The highest BCUT2D eigenvalue weighted by atomic mass is 15.7. The number of hydrazone groups is 1. The number of rotatable bonds is 0. The zero-order chi connectivity index (χ0) is 7.56. The number of nitrogens with one attached hydrogen (secondary N) is 1. The van der Waals surface area contributed by atoms with Crippen LogP contribution in [-0.4, -0.2) is 18.4 Å². The van der Waals surface area contributed by atoms with Crippen molar-refractivity contribution in [1.82, 2.24) is 10.5 Å². The third kappa shape index (κ3) is 1.37. The lowest BCUT2D eigenvalue weighted by molar-refractivity contribution is 0.295. The molecule has 0 aromatic heterocycles. The summed E-state index contributed by atoms with van der Waals surface area (Å²) in [5.41, 5.74) is 4.98. The molecule has 54 valence electrons. The molecule has 0 fully saturated rings. The molecule has 0 radical (unpaired) electrons. The third-order valence-electron chi connectivity index (χ3n) is 1.36. The van der Waals surface area contributed by atoms with Gasteiger partial charge in [0.2, 0.25) is 0 Å². The highest BCUT2D eigenvalue weighted by Crippen LogP contribution is 2.04. The van der Waals surface area contributed by atoms with Crippen molar-refractivity contribution in [2.45, 2.75) is 6.92 Å². The molecular formula is C7H11N3. The van der Waals surface area contributed by atoms with Crippen molar-refractivity contribution in [1.29, 1.82) is 0 Å². The van der Waals surface area contributed by atoms with Crippen LogP contribution in [0.2, 0.25) is 0 Å². The maximum absolute atomic E-state index is 4.00. The molecule has 0 aromatic carbocycles. The van der Waals surface area contributed by atoms with Crippen molar-refractivity contribution in [3.8, 4) is 0 Å². The van der Waals surface area contributed by atoms with Crippen LogP contribution in [0.4, 0.5) is 0 Å². The maximum Gasteiger partial charge on any atom is 0.0560 e. The summed E-state index contributed by atoms with van der Waals surface area (Å²) in [4.78, 5) is 0. The van der Waals surface area contributed by atoms with Crippen molar-refractivity contribution >= 4 is 6.21 Å². The lowest BCUT2D eigenvalue weighted by atomic mass is 10.2. The second-order valence-electron chi connectivity index (χ2n) is 2.25.